The van der Waals surface area contributed by atoms with Crippen molar-refractivity contribution in [2.45, 2.75) is 26.2 Å². The van der Waals surface area contributed by atoms with Crippen LogP contribution in [0, 0.1) is 0 Å². The Hall–Kier alpha value is -1.42. The second-order valence-corrected chi connectivity index (χ2v) is 3.54. The Balaban J connectivity index is 2.53. The maximum atomic E-state index is 11.4. The molecule has 0 saturated heterocycles. The molecule has 1 rings (SSSR count). The first-order valence-electron chi connectivity index (χ1n) is 5.54. The van der Waals surface area contributed by atoms with Crippen LogP contribution in [0.3, 0.4) is 0 Å². The van der Waals surface area contributed by atoms with Gasteiger partial charge in [0.25, 0.3) is 0 Å². The van der Waals surface area contributed by atoms with Gasteiger partial charge in [-0.05, 0) is 24.5 Å². The van der Waals surface area contributed by atoms with Crippen molar-refractivity contribution in [1.29, 1.82) is 0 Å². The molecule has 0 aliphatic heterocycles. The first-order valence-corrected chi connectivity index (χ1v) is 5.54. The largest absolute Gasteiger partial charge is 0.460 e. The van der Waals surface area contributed by atoms with E-state index in [2.05, 4.69) is 11.9 Å². The van der Waals surface area contributed by atoms with Crippen molar-refractivity contribution in [2.24, 2.45) is 0 Å². The van der Waals surface area contributed by atoms with E-state index in [1.54, 1.807) is 12.3 Å². The zero-order valence-electron chi connectivity index (χ0n) is 9.53. The molecule has 0 aliphatic carbocycles. The Morgan fingerprint density at radius 2 is 2.31 bits per heavy atom. The van der Waals surface area contributed by atoms with Crippen LogP contribution in [0.1, 0.15) is 35.8 Å². The van der Waals surface area contributed by atoms with Crippen LogP contribution in [0.4, 0.5) is 0 Å². The highest BCUT2D eigenvalue weighted by Crippen LogP contribution is 2.05. The average molecular weight is 221 g/mol. The van der Waals surface area contributed by atoms with Crippen molar-refractivity contribution in [3.63, 3.8) is 0 Å². The van der Waals surface area contributed by atoms with E-state index in [1.165, 1.54) is 0 Å². The number of nitrogens with one attached hydrogen (secondary N) is 1. The summed E-state index contributed by atoms with van der Waals surface area (Å²) in [6.07, 6.45) is 4.98. The van der Waals surface area contributed by atoms with Gasteiger partial charge >= 0.3 is 5.97 Å². The molecule has 1 radical (unpaired) electrons. The highest BCUT2D eigenvalue weighted by molar-refractivity contribution is 5.87. The number of hydrogen-bond donors (Lipinski definition) is 0. The Morgan fingerprint density at radius 1 is 1.50 bits per heavy atom. The number of carbonyl (C=O) groups is 1. The van der Waals surface area contributed by atoms with Gasteiger partial charge in [-0.3, -0.25) is 5.73 Å². The Kier molecular flexibility index (Phi) is 5.50. The Morgan fingerprint density at radius 3 is 2.88 bits per heavy atom. The molecule has 1 aromatic heterocycles. The number of nitrogens with zero attached hydrogens (tertiary/aromatic N) is 1. The number of aryl methyl sites for hydroxylation is 1. The minimum absolute atomic E-state index is 0.0837. The molecule has 0 fully saturated rings. The average Bonchev–Trinajstić information content (AvgIpc) is 2.34. The van der Waals surface area contributed by atoms with Crippen molar-refractivity contribution < 1.29 is 9.53 Å². The van der Waals surface area contributed by atoms with Gasteiger partial charge in [0.2, 0.25) is 0 Å². The molecule has 0 amide bonds. The number of pyridine rings is 1. The monoisotopic (exact) mass is 221 g/mol. The standard InChI is InChI=1S/C12H17N2O2/c1-2-3-4-10-5-6-11(14-9-10)12(15)16-8-7-13/h5-6,9,13H,2-4,7-8H2,1H3. The van der Waals surface area contributed by atoms with E-state index in [9.17, 15) is 4.79 Å². The van der Waals surface area contributed by atoms with Crippen molar-refractivity contribution >= 4 is 5.97 Å². The molecular formula is C12H17N2O2. The minimum atomic E-state index is -0.450. The molecule has 0 saturated carbocycles. The summed E-state index contributed by atoms with van der Waals surface area (Å²) in [7, 11) is 0. The summed E-state index contributed by atoms with van der Waals surface area (Å²) in [6.45, 7) is 2.35. The molecule has 0 atom stereocenters. The lowest BCUT2D eigenvalue weighted by Crippen LogP contribution is -2.11. The number of carbonyl (C=O) groups excluding carboxylic acids is 1. The SMILES string of the molecule is CCCCc1ccc(C(=O)OCC[NH])nc1. The lowest BCUT2D eigenvalue weighted by Gasteiger charge is -2.03. The number of unbranched alkanes of at least 4 members (excludes halogenated alkanes) is 1. The maximum Gasteiger partial charge on any atom is 0.356 e. The lowest BCUT2D eigenvalue weighted by atomic mass is 10.1. The lowest BCUT2D eigenvalue weighted by molar-refractivity contribution is 0.0508. The van der Waals surface area contributed by atoms with Crippen LogP contribution in [0.15, 0.2) is 18.3 Å². The molecule has 1 aromatic rings. The summed E-state index contributed by atoms with van der Waals surface area (Å²) in [5, 5.41) is 0. The first-order chi connectivity index (χ1) is 7.77. The number of esters is 1. The van der Waals surface area contributed by atoms with Crippen LogP contribution >= 0.6 is 0 Å². The highest BCUT2D eigenvalue weighted by Gasteiger charge is 2.07. The summed E-state index contributed by atoms with van der Waals surface area (Å²) >= 11 is 0. The topological polar surface area (TPSA) is 63.0 Å². The zero-order valence-corrected chi connectivity index (χ0v) is 9.53. The van der Waals surface area contributed by atoms with E-state index in [4.69, 9.17) is 10.5 Å². The van der Waals surface area contributed by atoms with Crippen molar-refractivity contribution in [2.75, 3.05) is 13.2 Å². The van der Waals surface area contributed by atoms with E-state index < -0.39 is 5.97 Å². The van der Waals surface area contributed by atoms with E-state index in [-0.39, 0.29) is 13.2 Å². The summed E-state index contributed by atoms with van der Waals surface area (Å²) < 4.78 is 4.81. The van der Waals surface area contributed by atoms with Gasteiger partial charge in [-0.25, -0.2) is 9.78 Å². The molecule has 16 heavy (non-hydrogen) atoms. The van der Waals surface area contributed by atoms with E-state index in [0.717, 1.165) is 24.8 Å². The first kappa shape index (κ1) is 12.6. The second-order valence-electron chi connectivity index (χ2n) is 3.54. The minimum Gasteiger partial charge on any atom is -0.460 e. The van der Waals surface area contributed by atoms with Gasteiger partial charge in [0, 0.05) is 12.7 Å². The van der Waals surface area contributed by atoms with Crippen LogP contribution in [-0.2, 0) is 11.2 Å². The zero-order chi connectivity index (χ0) is 11.8. The van der Waals surface area contributed by atoms with Gasteiger partial charge in [0.1, 0.15) is 12.3 Å². The van der Waals surface area contributed by atoms with Crippen LogP contribution in [-0.4, -0.2) is 24.1 Å². The number of ether oxygens (including phenoxy) is 1. The molecular weight excluding hydrogens is 204 g/mol. The summed E-state index contributed by atoms with van der Waals surface area (Å²) in [5.74, 6) is -0.450. The third kappa shape index (κ3) is 3.98. The summed E-state index contributed by atoms with van der Waals surface area (Å²) in [5.41, 5.74) is 8.32. The van der Waals surface area contributed by atoms with Crippen LogP contribution < -0.4 is 5.73 Å². The molecule has 4 heteroatoms. The normalized spacial score (nSPS) is 10.1. The van der Waals surface area contributed by atoms with E-state index in [0.29, 0.717) is 5.69 Å². The van der Waals surface area contributed by atoms with Crippen LogP contribution in [0.25, 0.3) is 0 Å². The Bertz CT molecular complexity index is 322. The maximum absolute atomic E-state index is 11.4. The molecule has 0 aliphatic rings. The van der Waals surface area contributed by atoms with Gasteiger partial charge in [0.05, 0.1) is 0 Å². The smallest absolute Gasteiger partial charge is 0.356 e. The molecule has 4 nitrogen and oxygen atoms in total. The van der Waals surface area contributed by atoms with E-state index >= 15 is 0 Å². The highest BCUT2D eigenvalue weighted by atomic mass is 16.5. The van der Waals surface area contributed by atoms with Crippen molar-refractivity contribution in [3.8, 4) is 0 Å². The third-order valence-electron chi connectivity index (χ3n) is 2.19. The molecule has 0 bridgehead atoms. The molecule has 1 N–H and O–H groups in total. The van der Waals surface area contributed by atoms with E-state index in [1.807, 2.05) is 6.07 Å². The van der Waals surface area contributed by atoms with Gasteiger partial charge in [-0.15, -0.1) is 0 Å². The molecule has 1 heterocycles. The molecule has 0 aromatic carbocycles. The van der Waals surface area contributed by atoms with Gasteiger partial charge < -0.3 is 4.74 Å². The van der Waals surface area contributed by atoms with Gasteiger partial charge in [-0.2, -0.15) is 0 Å². The third-order valence-corrected chi connectivity index (χ3v) is 2.19. The van der Waals surface area contributed by atoms with Crippen LogP contribution in [0.2, 0.25) is 0 Å². The fourth-order valence-electron chi connectivity index (χ4n) is 1.29. The molecule has 0 spiro atoms. The van der Waals surface area contributed by atoms with Gasteiger partial charge in [0.15, 0.2) is 0 Å². The molecule has 87 valence electrons. The number of rotatable bonds is 6. The predicted molar refractivity (Wildman–Crippen MR) is 61.1 cm³/mol. The van der Waals surface area contributed by atoms with Crippen molar-refractivity contribution in [1.82, 2.24) is 10.7 Å². The van der Waals surface area contributed by atoms with Gasteiger partial charge in [-0.1, -0.05) is 19.4 Å². The van der Waals surface area contributed by atoms with Crippen LogP contribution in [0.5, 0.6) is 0 Å². The summed E-state index contributed by atoms with van der Waals surface area (Å²) in [6, 6.07) is 3.58. The quantitative estimate of drug-likeness (QED) is 0.689. The Labute approximate surface area is 95.8 Å². The predicted octanol–water partition coefficient (Wildman–Crippen LogP) is 1.86. The molecule has 0 unspecified atom stereocenters. The number of hydrogen-bond acceptors (Lipinski definition) is 3. The fraction of sp³-hybridized carbons (Fsp3) is 0.500. The fourth-order valence-corrected chi connectivity index (χ4v) is 1.29. The number of aromatic nitrogens is 1. The second kappa shape index (κ2) is 6.95. The summed E-state index contributed by atoms with van der Waals surface area (Å²) in [4.78, 5) is 15.4. The van der Waals surface area contributed by atoms with Crippen molar-refractivity contribution in [3.05, 3.63) is 29.6 Å².